The number of hydrogen-bond acceptors (Lipinski definition) is 5. The number of likely N-dealkylation sites (N-methyl/N-ethyl adjacent to an activating group) is 1. The molecule has 34 heavy (non-hydrogen) atoms. The van der Waals surface area contributed by atoms with E-state index in [0.717, 1.165) is 56.9 Å². The predicted octanol–water partition coefficient (Wildman–Crippen LogP) is 2.57. The first kappa shape index (κ1) is 26.4. The van der Waals surface area contributed by atoms with Gasteiger partial charge in [0, 0.05) is 12.5 Å². The van der Waals surface area contributed by atoms with Gasteiger partial charge in [0.05, 0.1) is 12.1 Å². The van der Waals surface area contributed by atoms with Gasteiger partial charge in [-0.25, -0.2) is 0 Å². The van der Waals surface area contributed by atoms with E-state index in [4.69, 9.17) is 5.73 Å². The second-order valence-electron chi connectivity index (χ2n) is 9.80. The normalized spacial score (nSPS) is 20.6. The molecule has 4 N–H and O–H groups in total. The molecule has 1 aliphatic carbocycles. The molecule has 1 saturated carbocycles. The van der Waals surface area contributed by atoms with Crippen LogP contribution in [0.4, 0.5) is 0 Å². The number of nitrogens with two attached hydrogens (primary N) is 1. The van der Waals surface area contributed by atoms with Crippen LogP contribution >= 0.6 is 0 Å². The van der Waals surface area contributed by atoms with Crippen LogP contribution in [0.3, 0.4) is 0 Å². The third kappa shape index (κ3) is 7.12. The van der Waals surface area contributed by atoms with Crippen molar-refractivity contribution in [2.45, 2.75) is 88.8 Å². The van der Waals surface area contributed by atoms with Gasteiger partial charge < -0.3 is 21.3 Å². The number of unbranched alkanes of at least 4 members (excludes halogenated alkanes) is 1. The fraction of sp³-hybridized carbons (Fsp3) is 0.667. The molecule has 1 aromatic carbocycles. The van der Waals surface area contributed by atoms with E-state index in [1.165, 1.54) is 6.42 Å². The summed E-state index contributed by atoms with van der Waals surface area (Å²) in [6.07, 6.45) is 9.47. The van der Waals surface area contributed by atoms with Crippen molar-refractivity contribution in [3.05, 3.63) is 35.9 Å². The summed E-state index contributed by atoms with van der Waals surface area (Å²) in [5.74, 6) is 0.00476. The summed E-state index contributed by atoms with van der Waals surface area (Å²) in [7, 11) is 1.76. The summed E-state index contributed by atoms with van der Waals surface area (Å²) < 4.78 is 0. The van der Waals surface area contributed by atoms with E-state index >= 15 is 0 Å². The van der Waals surface area contributed by atoms with E-state index in [2.05, 4.69) is 10.6 Å². The van der Waals surface area contributed by atoms with E-state index in [9.17, 15) is 14.4 Å². The molecule has 0 aromatic heterocycles. The van der Waals surface area contributed by atoms with E-state index in [1.54, 1.807) is 11.9 Å². The van der Waals surface area contributed by atoms with E-state index < -0.39 is 12.1 Å². The highest BCUT2D eigenvalue weighted by Gasteiger charge is 2.40. The topological polar surface area (TPSA) is 105 Å². The van der Waals surface area contributed by atoms with Gasteiger partial charge in [0.25, 0.3) is 0 Å². The van der Waals surface area contributed by atoms with Crippen molar-refractivity contribution >= 4 is 17.6 Å². The first-order chi connectivity index (χ1) is 16.5. The number of Topliss-reactive ketones (excluding diaryl/α,β-unsaturated/α-hetero) is 1. The Hall–Kier alpha value is -2.25. The van der Waals surface area contributed by atoms with Crippen LogP contribution < -0.4 is 16.4 Å². The van der Waals surface area contributed by atoms with Crippen molar-refractivity contribution in [2.24, 2.45) is 11.7 Å². The molecule has 2 aliphatic rings. The second-order valence-corrected chi connectivity index (χ2v) is 9.80. The Morgan fingerprint density at radius 2 is 1.74 bits per heavy atom. The minimum Gasteiger partial charge on any atom is -0.343 e. The van der Waals surface area contributed by atoms with Crippen LogP contribution in [0.2, 0.25) is 0 Å². The van der Waals surface area contributed by atoms with Gasteiger partial charge in [0.15, 0.2) is 5.78 Å². The highest BCUT2D eigenvalue weighted by Crippen LogP contribution is 2.30. The number of ketones is 1. The van der Waals surface area contributed by atoms with Crippen molar-refractivity contribution in [2.75, 3.05) is 20.1 Å². The lowest BCUT2D eigenvalue weighted by Gasteiger charge is -2.32. The van der Waals surface area contributed by atoms with Crippen molar-refractivity contribution in [3.8, 4) is 0 Å². The molecule has 7 heteroatoms. The molecule has 0 unspecified atom stereocenters. The molecule has 3 rings (SSSR count). The summed E-state index contributed by atoms with van der Waals surface area (Å²) in [5, 5.41) is 6.11. The number of rotatable bonds is 12. The van der Waals surface area contributed by atoms with Crippen molar-refractivity contribution in [3.63, 3.8) is 0 Å². The summed E-state index contributed by atoms with van der Waals surface area (Å²) in [6.45, 7) is 1.14. The Labute approximate surface area is 204 Å². The zero-order chi connectivity index (χ0) is 24.3. The maximum atomic E-state index is 13.6. The zero-order valence-electron chi connectivity index (χ0n) is 20.6. The average Bonchev–Trinajstić information content (AvgIpc) is 3.37. The number of carbonyl (C=O) groups is 3. The van der Waals surface area contributed by atoms with Crippen LogP contribution in [-0.2, 0) is 20.8 Å². The third-order valence-electron chi connectivity index (χ3n) is 7.38. The molecule has 2 fully saturated rings. The molecule has 1 saturated heterocycles. The molecular formula is C27H42N4O3. The number of carbonyl (C=O) groups excluding carboxylic acids is 3. The standard InChI is InChI=1S/C27H42N4O3/c1-29-23(19-20-11-4-2-5-12-20)26(33)30-22(15-8-9-17-28)27(34)31-18-10-16-24(31)25(32)21-13-6-3-7-14-21/h2,4-5,11-12,21-24,29H,3,6-10,13-19,28H2,1H3,(H,30,33)/t22-,23-,24-/m1/s1. The molecule has 3 atom stereocenters. The van der Waals surface area contributed by atoms with Gasteiger partial charge in [-0.15, -0.1) is 0 Å². The summed E-state index contributed by atoms with van der Waals surface area (Å²) in [4.78, 5) is 41.8. The van der Waals surface area contributed by atoms with Gasteiger partial charge in [0.1, 0.15) is 6.04 Å². The van der Waals surface area contributed by atoms with Crippen LogP contribution in [0.1, 0.15) is 69.8 Å². The number of amides is 2. The number of nitrogens with zero attached hydrogens (tertiary/aromatic N) is 1. The number of nitrogens with one attached hydrogen (secondary N) is 2. The van der Waals surface area contributed by atoms with Crippen LogP contribution in [0.5, 0.6) is 0 Å². The molecule has 0 bridgehead atoms. The smallest absolute Gasteiger partial charge is 0.245 e. The monoisotopic (exact) mass is 470 g/mol. The SMILES string of the molecule is CN[C@H](Cc1ccccc1)C(=O)N[C@H](CCCCN)C(=O)N1CCC[C@@H]1C(=O)C1CCCCC1. The van der Waals surface area contributed by atoms with Crippen molar-refractivity contribution < 1.29 is 14.4 Å². The van der Waals surface area contributed by atoms with Gasteiger partial charge >= 0.3 is 0 Å². The Morgan fingerprint density at radius 1 is 1.00 bits per heavy atom. The highest BCUT2D eigenvalue weighted by molar-refractivity contribution is 5.95. The van der Waals surface area contributed by atoms with E-state index in [0.29, 0.717) is 25.9 Å². The maximum Gasteiger partial charge on any atom is 0.245 e. The van der Waals surface area contributed by atoms with E-state index in [-0.39, 0.29) is 29.6 Å². The summed E-state index contributed by atoms with van der Waals surface area (Å²) in [5.41, 5.74) is 6.73. The highest BCUT2D eigenvalue weighted by atomic mass is 16.2. The second kappa shape index (κ2) is 13.6. The molecule has 7 nitrogen and oxygen atoms in total. The van der Waals surface area contributed by atoms with Gasteiger partial charge in [-0.2, -0.15) is 0 Å². The summed E-state index contributed by atoms with van der Waals surface area (Å²) in [6, 6.07) is 8.43. The van der Waals surface area contributed by atoms with Gasteiger partial charge in [-0.05, 0) is 70.5 Å². The maximum absolute atomic E-state index is 13.6. The third-order valence-corrected chi connectivity index (χ3v) is 7.38. The Bertz CT molecular complexity index is 794. The zero-order valence-corrected chi connectivity index (χ0v) is 20.6. The van der Waals surface area contributed by atoms with Gasteiger partial charge in [-0.3, -0.25) is 14.4 Å². The molecule has 2 amide bonds. The number of benzene rings is 1. The quantitative estimate of drug-likeness (QED) is 0.407. The largest absolute Gasteiger partial charge is 0.343 e. The van der Waals surface area contributed by atoms with Crippen molar-refractivity contribution in [1.82, 2.24) is 15.5 Å². The lowest BCUT2D eigenvalue weighted by atomic mass is 9.83. The lowest BCUT2D eigenvalue weighted by Crippen LogP contribution is -2.55. The van der Waals surface area contributed by atoms with Crippen LogP contribution in [0, 0.1) is 5.92 Å². The molecule has 1 aromatic rings. The Morgan fingerprint density at radius 3 is 2.41 bits per heavy atom. The Kier molecular flexibility index (Phi) is 10.5. The van der Waals surface area contributed by atoms with Gasteiger partial charge in [-0.1, -0.05) is 49.6 Å². The molecular weight excluding hydrogens is 428 g/mol. The first-order valence-electron chi connectivity index (χ1n) is 13.1. The number of likely N-dealkylation sites (tertiary alicyclic amines) is 1. The molecule has 188 valence electrons. The minimum atomic E-state index is -0.634. The lowest BCUT2D eigenvalue weighted by molar-refractivity contribution is -0.142. The number of hydrogen-bond donors (Lipinski definition) is 3. The molecule has 0 radical (unpaired) electrons. The predicted molar refractivity (Wildman–Crippen MR) is 134 cm³/mol. The summed E-state index contributed by atoms with van der Waals surface area (Å²) >= 11 is 0. The van der Waals surface area contributed by atoms with Crippen LogP contribution in [0.25, 0.3) is 0 Å². The van der Waals surface area contributed by atoms with E-state index in [1.807, 2.05) is 30.3 Å². The van der Waals surface area contributed by atoms with Crippen LogP contribution in [-0.4, -0.2) is 60.8 Å². The Balaban J connectivity index is 1.68. The molecule has 0 spiro atoms. The average molecular weight is 471 g/mol. The first-order valence-corrected chi connectivity index (χ1v) is 13.1. The fourth-order valence-corrected chi connectivity index (χ4v) is 5.38. The minimum absolute atomic E-state index is 0.0805. The molecule has 1 aliphatic heterocycles. The molecule has 1 heterocycles. The van der Waals surface area contributed by atoms with Gasteiger partial charge in [0.2, 0.25) is 11.8 Å². The fourth-order valence-electron chi connectivity index (χ4n) is 5.38. The van der Waals surface area contributed by atoms with Crippen molar-refractivity contribution in [1.29, 1.82) is 0 Å². The van der Waals surface area contributed by atoms with Crippen LogP contribution in [0.15, 0.2) is 30.3 Å².